The Labute approximate surface area is 619 Å². The lowest BCUT2D eigenvalue weighted by Gasteiger charge is -2.21. The molecule has 0 aliphatic carbocycles. The summed E-state index contributed by atoms with van der Waals surface area (Å²) in [6.07, 6.45) is 61.2. The van der Waals surface area contributed by atoms with Crippen molar-refractivity contribution < 1.29 is 80.2 Å². The molecule has 0 aromatic carbocycles. The SMILES string of the molecule is CCCCCCCCCC(=O)OC[C@H](COP(=O)(O)OC[C@H](O)COP(=O)(O)OC[C@@H](COC(=O)CCCCCCCCCCCCCCCCCC(C)C)OC(=O)CCCCCCCCCCCCCCCCCCC(C)C)OC(=O)CCCCCCCCCCCCCCCCC(C)C. The smallest absolute Gasteiger partial charge is 0.462 e. The maximum absolute atomic E-state index is 13.1. The van der Waals surface area contributed by atoms with Gasteiger partial charge in [0.25, 0.3) is 0 Å². The minimum absolute atomic E-state index is 0.107. The van der Waals surface area contributed by atoms with E-state index in [-0.39, 0.29) is 25.7 Å². The highest BCUT2D eigenvalue weighted by molar-refractivity contribution is 7.47. The Morgan fingerprint density at radius 1 is 0.267 bits per heavy atom. The van der Waals surface area contributed by atoms with E-state index in [1.165, 1.54) is 225 Å². The van der Waals surface area contributed by atoms with Crippen molar-refractivity contribution in [1.29, 1.82) is 0 Å². The second kappa shape index (κ2) is 72.3. The number of ether oxygens (including phenoxy) is 4. The van der Waals surface area contributed by atoms with Gasteiger partial charge in [-0.15, -0.1) is 0 Å². The molecule has 0 aliphatic rings. The van der Waals surface area contributed by atoms with Crippen LogP contribution < -0.4 is 0 Å². The highest BCUT2D eigenvalue weighted by atomic mass is 31.2. The average Bonchev–Trinajstić information content (AvgIpc) is 1.03. The van der Waals surface area contributed by atoms with Crippen molar-refractivity contribution in [3.05, 3.63) is 0 Å². The summed E-state index contributed by atoms with van der Waals surface area (Å²) in [5.41, 5.74) is 0. The number of carbonyl (C=O) groups is 4. The lowest BCUT2D eigenvalue weighted by molar-refractivity contribution is -0.161. The fourth-order valence-corrected chi connectivity index (χ4v) is 14.2. The Morgan fingerprint density at radius 2 is 0.455 bits per heavy atom. The summed E-state index contributed by atoms with van der Waals surface area (Å²) >= 11 is 0. The van der Waals surface area contributed by atoms with Gasteiger partial charge < -0.3 is 33.8 Å². The number of carbonyl (C=O) groups excluding carboxylic acids is 4. The largest absolute Gasteiger partial charge is 0.472 e. The second-order valence-electron chi connectivity index (χ2n) is 30.9. The van der Waals surface area contributed by atoms with E-state index < -0.39 is 97.5 Å². The number of unbranched alkanes of at least 4 members (excludes halogenated alkanes) is 48. The molecule has 0 fully saturated rings. The summed E-state index contributed by atoms with van der Waals surface area (Å²) < 4.78 is 68.6. The molecular weight excluding hydrogens is 1320 g/mol. The van der Waals surface area contributed by atoms with Crippen molar-refractivity contribution >= 4 is 39.5 Å². The molecule has 17 nitrogen and oxygen atoms in total. The van der Waals surface area contributed by atoms with Crippen LogP contribution in [0.1, 0.15) is 427 Å². The summed E-state index contributed by atoms with van der Waals surface area (Å²) in [6.45, 7) is 12.0. The van der Waals surface area contributed by atoms with Crippen molar-refractivity contribution in [3.8, 4) is 0 Å². The Balaban J connectivity index is 5.18. The minimum atomic E-state index is -4.96. The van der Waals surface area contributed by atoms with Gasteiger partial charge in [-0.25, -0.2) is 9.13 Å². The van der Waals surface area contributed by atoms with Crippen molar-refractivity contribution in [2.45, 2.75) is 446 Å². The first-order valence-corrected chi connectivity index (χ1v) is 45.3. The van der Waals surface area contributed by atoms with Gasteiger partial charge in [-0.05, 0) is 43.4 Å². The fraction of sp³-hybridized carbons (Fsp3) is 0.951. The van der Waals surface area contributed by atoms with E-state index in [9.17, 15) is 43.2 Å². The van der Waals surface area contributed by atoms with E-state index >= 15 is 0 Å². The first kappa shape index (κ1) is 99.1. The Kier molecular flexibility index (Phi) is 70.9. The Morgan fingerprint density at radius 3 is 0.673 bits per heavy atom. The second-order valence-corrected chi connectivity index (χ2v) is 33.8. The Bertz CT molecular complexity index is 1960. The maximum atomic E-state index is 13.1. The molecule has 0 aromatic rings. The number of aliphatic hydroxyl groups excluding tert-OH is 1. The van der Waals surface area contributed by atoms with E-state index in [2.05, 4.69) is 48.5 Å². The maximum Gasteiger partial charge on any atom is 0.472 e. The third kappa shape index (κ3) is 76.1. The standard InChI is InChI=1S/C82H160O17P2/c1-8-9-10-11-39-49-56-63-79(84)92-69-77(98-81(86)65-59-52-45-38-32-26-20-19-23-29-35-42-48-55-62-75(6)7)71-96-100(88,89)94-67-76(83)68-95-101(90,91)97-72-78(70-93-80(85)64-57-50-43-36-30-24-18-14-16-22-28-34-41-47-54-61-74(4)5)99-82(87)66-58-51-44-37-31-25-17-13-12-15-21-27-33-40-46-53-60-73(2)3/h73-78,83H,8-72H2,1-7H3,(H,88,89)(H,90,91)/t76-,77+,78+/m0/s1. The van der Waals surface area contributed by atoms with Gasteiger partial charge in [0.15, 0.2) is 12.2 Å². The zero-order valence-electron chi connectivity index (χ0n) is 66.4. The summed E-state index contributed by atoms with van der Waals surface area (Å²) in [5, 5.41) is 10.6. The highest BCUT2D eigenvalue weighted by Gasteiger charge is 2.30. The number of phosphoric acid groups is 2. The van der Waals surface area contributed by atoms with Crippen LogP contribution in [0.2, 0.25) is 0 Å². The van der Waals surface area contributed by atoms with Gasteiger partial charge in [-0.1, -0.05) is 376 Å². The Hall–Kier alpha value is -1.94. The molecule has 3 N–H and O–H groups in total. The number of hydrogen-bond donors (Lipinski definition) is 3. The van der Waals surface area contributed by atoms with Crippen LogP contribution in [0.3, 0.4) is 0 Å². The highest BCUT2D eigenvalue weighted by Crippen LogP contribution is 2.45. The van der Waals surface area contributed by atoms with E-state index in [1.54, 1.807) is 0 Å². The van der Waals surface area contributed by atoms with Gasteiger partial charge in [-0.3, -0.25) is 37.3 Å². The topological polar surface area (TPSA) is 237 Å². The number of phosphoric ester groups is 2. The summed E-state index contributed by atoms with van der Waals surface area (Å²) in [4.78, 5) is 72.9. The van der Waals surface area contributed by atoms with E-state index in [4.69, 9.17) is 37.0 Å². The normalized spacial score (nSPS) is 14.0. The monoisotopic (exact) mass is 1480 g/mol. The molecule has 0 aromatic heterocycles. The third-order valence-corrected chi connectivity index (χ3v) is 21.0. The fourth-order valence-electron chi connectivity index (χ4n) is 12.7. The van der Waals surface area contributed by atoms with Crippen LogP contribution in [0.25, 0.3) is 0 Å². The van der Waals surface area contributed by atoms with Crippen molar-refractivity contribution in [2.24, 2.45) is 17.8 Å². The third-order valence-electron chi connectivity index (χ3n) is 19.1. The number of hydrogen-bond acceptors (Lipinski definition) is 15. The molecule has 0 saturated heterocycles. The van der Waals surface area contributed by atoms with Crippen LogP contribution in [0, 0.1) is 17.8 Å². The van der Waals surface area contributed by atoms with Gasteiger partial charge in [0, 0.05) is 25.7 Å². The first-order valence-electron chi connectivity index (χ1n) is 42.3. The number of rotatable bonds is 80. The zero-order chi connectivity index (χ0) is 74.4. The molecule has 0 rings (SSSR count). The van der Waals surface area contributed by atoms with E-state index in [0.29, 0.717) is 25.7 Å². The zero-order valence-corrected chi connectivity index (χ0v) is 68.2. The minimum Gasteiger partial charge on any atom is -0.462 e. The molecule has 19 heteroatoms. The molecule has 0 spiro atoms. The summed E-state index contributed by atoms with van der Waals surface area (Å²) in [6, 6.07) is 0. The summed E-state index contributed by atoms with van der Waals surface area (Å²) in [5.74, 6) is 0.298. The van der Waals surface area contributed by atoms with E-state index in [1.807, 2.05) is 0 Å². The molecular formula is C82H160O17P2. The van der Waals surface area contributed by atoms with Crippen LogP contribution in [-0.2, 0) is 65.4 Å². The molecule has 5 atom stereocenters. The first-order chi connectivity index (χ1) is 48.7. The van der Waals surface area contributed by atoms with Gasteiger partial charge in [0.05, 0.1) is 26.4 Å². The quantitative estimate of drug-likeness (QED) is 0.0222. The van der Waals surface area contributed by atoms with Crippen molar-refractivity contribution in [3.63, 3.8) is 0 Å². The number of aliphatic hydroxyl groups is 1. The van der Waals surface area contributed by atoms with Crippen molar-refractivity contribution in [2.75, 3.05) is 39.6 Å². The molecule has 0 heterocycles. The molecule has 101 heavy (non-hydrogen) atoms. The van der Waals surface area contributed by atoms with Gasteiger partial charge in [-0.2, -0.15) is 0 Å². The molecule has 0 saturated carbocycles. The van der Waals surface area contributed by atoms with Crippen LogP contribution in [0.5, 0.6) is 0 Å². The van der Waals surface area contributed by atoms with E-state index in [0.717, 1.165) is 120 Å². The average molecular weight is 1480 g/mol. The van der Waals surface area contributed by atoms with Gasteiger partial charge >= 0.3 is 39.5 Å². The van der Waals surface area contributed by atoms with Crippen LogP contribution in [0.4, 0.5) is 0 Å². The predicted octanol–water partition coefficient (Wildman–Crippen LogP) is 24.5. The summed E-state index contributed by atoms with van der Waals surface area (Å²) in [7, 11) is -9.92. The lowest BCUT2D eigenvalue weighted by atomic mass is 10.0. The molecule has 600 valence electrons. The van der Waals surface area contributed by atoms with Crippen LogP contribution in [-0.4, -0.2) is 96.7 Å². The van der Waals surface area contributed by atoms with Crippen LogP contribution >= 0.6 is 15.6 Å². The molecule has 0 bridgehead atoms. The number of esters is 4. The van der Waals surface area contributed by atoms with Gasteiger partial charge in [0.2, 0.25) is 0 Å². The van der Waals surface area contributed by atoms with Crippen molar-refractivity contribution in [1.82, 2.24) is 0 Å². The molecule has 0 amide bonds. The molecule has 2 unspecified atom stereocenters. The lowest BCUT2D eigenvalue weighted by Crippen LogP contribution is -2.30. The van der Waals surface area contributed by atoms with Gasteiger partial charge in [0.1, 0.15) is 19.3 Å². The molecule has 0 radical (unpaired) electrons. The molecule has 0 aliphatic heterocycles. The predicted molar refractivity (Wildman–Crippen MR) is 414 cm³/mol. The van der Waals surface area contributed by atoms with Crippen LogP contribution in [0.15, 0.2) is 0 Å².